The van der Waals surface area contributed by atoms with Crippen molar-refractivity contribution in [1.29, 1.82) is 5.26 Å². The van der Waals surface area contributed by atoms with Gasteiger partial charge in [-0.25, -0.2) is 4.98 Å². The predicted molar refractivity (Wildman–Crippen MR) is 118 cm³/mol. The number of nitrogens with zero attached hydrogens (tertiary/aromatic N) is 4. The number of pyridine rings is 1. The lowest BCUT2D eigenvalue weighted by Crippen LogP contribution is -2.11. The number of rotatable bonds is 5. The number of nitriles is 1. The van der Waals surface area contributed by atoms with Gasteiger partial charge in [-0.2, -0.15) is 10.4 Å². The maximum absolute atomic E-state index is 9.10. The number of ether oxygens (including phenoxy) is 1. The van der Waals surface area contributed by atoms with Crippen molar-refractivity contribution in [2.24, 2.45) is 0 Å². The van der Waals surface area contributed by atoms with Gasteiger partial charge in [0.05, 0.1) is 24.4 Å². The number of aryl methyl sites for hydroxylation is 1. The lowest BCUT2D eigenvalue weighted by Gasteiger charge is -2.16. The van der Waals surface area contributed by atoms with Crippen LogP contribution in [0.15, 0.2) is 66.9 Å². The molecular weight excluding hydrogens is 374 g/mol. The molecule has 6 heteroatoms. The van der Waals surface area contributed by atoms with Gasteiger partial charge in [-0.05, 0) is 60.0 Å². The fourth-order valence-corrected chi connectivity index (χ4v) is 3.37. The van der Waals surface area contributed by atoms with Crippen LogP contribution in [-0.2, 0) is 0 Å². The molecule has 2 heterocycles. The van der Waals surface area contributed by atoms with Gasteiger partial charge in [0, 0.05) is 24.9 Å². The van der Waals surface area contributed by atoms with Crippen LogP contribution in [0.25, 0.3) is 22.4 Å². The zero-order valence-electron chi connectivity index (χ0n) is 17.0. The molecule has 0 fully saturated rings. The van der Waals surface area contributed by atoms with E-state index in [0.717, 1.165) is 45.3 Å². The molecule has 0 aliphatic rings. The number of H-pyrrole nitrogens is 1. The van der Waals surface area contributed by atoms with Gasteiger partial charge < -0.3 is 9.64 Å². The summed E-state index contributed by atoms with van der Waals surface area (Å²) in [7, 11) is 3.59. The van der Waals surface area contributed by atoms with E-state index in [1.807, 2.05) is 79.5 Å². The summed E-state index contributed by atoms with van der Waals surface area (Å²) in [6.07, 6.45) is 1.79. The Morgan fingerprint density at radius 3 is 2.63 bits per heavy atom. The average molecular weight is 395 g/mol. The molecule has 0 saturated carbocycles. The summed E-state index contributed by atoms with van der Waals surface area (Å²) in [5.74, 6) is 2.33. The van der Waals surface area contributed by atoms with Crippen LogP contribution >= 0.6 is 0 Å². The first-order valence-corrected chi connectivity index (χ1v) is 9.50. The zero-order chi connectivity index (χ0) is 21.1. The number of hydrogen-bond acceptors (Lipinski definition) is 5. The number of aromatic nitrogens is 3. The molecule has 0 bridgehead atoms. The molecule has 6 nitrogen and oxygen atoms in total. The fraction of sp³-hybridized carbons (Fsp3) is 0.125. The molecular formula is C24H21N5O. The largest absolute Gasteiger partial charge is 0.497 e. The summed E-state index contributed by atoms with van der Waals surface area (Å²) in [5.41, 5.74) is 5.71. The monoisotopic (exact) mass is 395 g/mol. The van der Waals surface area contributed by atoms with Crippen molar-refractivity contribution in [2.75, 3.05) is 19.1 Å². The second-order valence-corrected chi connectivity index (χ2v) is 6.98. The second-order valence-electron chi connectivity index (χ2n) is 6.98. The number of aromatic amines is 1. The first-order chi connectivity index (χ1) is 14.6. The first kappa shape index (κ1) is 19.2. The minimum Gasteiger partial charge on any atom is -0.497 e. The van der Waals surface area contributed by atoms with Gasteiger partial charge in [0.1, 0.15) is 11.6 Å². The van der Waals surface area contributed by atoms with Gasteiger partial charge in [-0.3, -0.25) is 5.10 Å². The Labute approximate surface area is 175 Å². The molecule has 0 unspecified atom stereocenters. The molecule has 0 aliphatic carbocycles. The summed E-state index contributed by atoms with van der Waals surface area (Å²) in [6.45, 7) is 2.01. The lowest BCUT2D eigenvalue weighted by atomic mass is 9.99. The van der Waals surface area contributed by atoms with Gasteiger partial charge in [0.2, 0.25) is 0 Å². The number of benzene rings is 2. The highest BCUT2D eigenvalue weighted by Crippen LogP contribution is 2.30. The quantitative estimate of drug-likeness (QED) is 0.509. The van der Waals surface area contributed by atoms with E-state index < -0.39 is 0 Å². The van der Waals surface area contributed by atoms with Crippen LogP contribution in [0.4, 0.5) is 11.6 Å². The Morgan fingerprint density at radius 2 is 1.87 bits per heavy atom. The molecule has 0 atom stereocenters. The molecule has 0 spiro atoms. The predicted octanol–water partition coefficient (Wildman–Crippen LogP) is 5.10. The molecule has 148 valence electrons. The van der Waals surface area contributed by atoms with Crippen molar-refractivity contribution in [3.63, 3.8) is 0 Å². The molecule has 4 aromatic rings. The zero-order valence-corrected chi connectivity index (χ0v) is 17.0. The van der Waals surface area contributed by atoms with Crippen LogP contribution in [0.5, 0.6) is 5.75 Å². The molecule has 1 N–H and O–H groups in total. The summed E-state index contributed by atoms with van der Waals surface area (Å²) >= 11 is 0. The highest BCUT2D eigenvalue weighted by atomic mass is 16.5. The van der Waals surface area contributed by atoms with E-state index in [-0.39, 0.29) is 0 Å². The van der Waals surface area contributed by atoms with Crippen LogP contribution in [0.1, 0.15) is 11.1 Å². The van der Waals surface area contributed by atoms with E-state index in [2.05, 4.69) is 21.3 Å². The molecule has 30 heavy (non-hydrogen) atoms. The van der Waals surface area contributed by atoms with Gasteiger partial charge in [0.15, 0.2) is 5.82 Å². The van der Waals surface area contributed by atoms with Crippen LogP contribution in [-0.4, -0.2) is 29.3 Å². The van der Waals surface area contributed by atoms with Crippen molar-refractivity contribution in [3.8, 4) is 34.2 Å². The van der Waals surface area contributed by atoms with E-state index in [1.165, 1.54) is 0 Å². The smallest absolute Gasteiger partial charge is 0.156 e. The SMILES string of the molecule is COc1cccc(-c2cc(N(C)c3cc(-c4ccc(C#N)cc4C)ccn3)n[nH]2)c1. The summed E-state index contributed by atoms with van der Waals surface area (Å²) in [4.78, 5) is 6.45. The molecule has 0 amide bonds. The van der Waals surface area contributed by atoms with Crippen molar-refractivity contribution in [1.82, 2.24) is 15.2 Å². The molecule has 0 radical (unpaired) electrons. The van der Waals surface area contributed by atoms with Gasteiger partial charge >= 0.3 is 0 Å². The normalized spacial score (nSPS) is 10.5. The van der Waals surface area contributed by atoms with Crippen molar-refractivity contribution in [2.45, 2.75) is 6.92 Å². The van der Waals surface area contributed by atoms with E-state index >= 15 is 0 Å². The number of hydrogen-bond donors (Lipinski definition) is 1. The molecule has 0 aliphatic heterocycles. The molecule has 0 saturated heterocycles. The molecule has 2 aromatic heterocycles. The standard InChI is InChI=1S/C24H21N5O/c1-16-11-17(15-25)7-8-21(16)18-9-10-26-23(13-18)29(2)24-14-22(27-28-24)19-5-4-6-20(12-19)30-3/h4-14H,1-3H3,(H,27,28). The van der Waals surface area contributed by atoms with Gasteiger partial charge in [-0.1, -0.05) is 18.2 Å². The average Bonchev–Trinajstić information content (AvgIpc) is 3.29. The number of anilines is 2. The number of methoxy groups -OCH3 is 1. The second kappa shape index (κ2) is 8.10. The van der Waals surface area contributed by atoms with E-state index in [0.29, 0.717) is 5.56 Å². The highest BCUT2D eigenvalue weighted by molar-refractivity contribution is 5.73. The van der Waals surface area contributed by atoms with E-state index in [1.54, 1.807) is 13.3 Å². The minimum absolute atomic E-state index is 0.657. The van der Waals surface area contributed by atoms with Crippen molar-refractivity contribution < 1.29 is 4.74 Å². The summed E-state index contributed by atoms with van der Waals surface area (Å²) in [5, 5.41) is 16.6. The van der Waals surface area contributed by atoms with Crippen LogP contribution < -0.4 is 9.64 Å². The van der Waals surface area contributed by atoms with E-state index in [9.17, 15) is 0 Å². The minimum atomic E-state index is 0.657. The maximum Gasteiger partial charge on any atom is 0.156 e. The highest BCUT2D eigenvalue weighted by Gasteiger charge is 2.13. The van der Waals surface area contributed by atoms with Gasteiger partial charge in [-0.15, -0.1) is 0 Å². The van der Waals surface area contributed by atoms with Gasteiger partial charge in [0.25, 0.3) is 0 Å². The third kappa shape index (κ3) is 3.74. The third-order valence-electron chi connectivity index (χ3n) is 5.04. The van der Waals surface area contributed by atoms with Crippen molar-refractivity contribution in [3.05, 3.63) is 78.0 Å². The van der Waals surface area contributed by atoms with E-state index in [4.69, 9.17) is 10.00 Å². The fourth-order valence-electron chi connectivity index (χ4n) is 3.37. The first-order valence-electron chi connectivity index (χ1n) is 9.50. The Morgan fingerprint density at radius 1 is 1.00 bits per heavy atom. The third-order valence-corrected chi connectivity index (χ3v) is 5.04. The summed E-state index contributed by atoms with van der Waals surface area (Å²) in [6, 6.07) is 21.7. The number of nitrogens with one attached hydrogen (secondary N) is 1. The van der Waals surface area contributed by atoms with Crippen LogP contribution in [0.2, 0.25) is 0 Å². The summed E-state index contributed by atoms with van der Waals surface area (Å²) < 4.78 is 5.31. The Balaban J connectivity index is 1.63. The van der Waals surface area contributed by atoms with Crippen LogP contribution in [0.3, 0.4) is 0 Å². The Hall–Kier alpha value is -4.11. The van der Waals surface area contributed by atoms with Crippen molar-refractivity contribution >= 4 is 11.6 Å². The molecule has 4 rings (SSSR count). The Kier molecular flexibility index (Phi) is 5.19. The topological polar surface area (TPSA) is 77.8 Å². The lowest BCUT2D eigenvalue weighted by molar-refractivity contribution is 0.415. The Bertz CT molecular complexity index is 1240. The van der Waals surface area contributed by atoms with Crippen LogP contribution in [0, 0.1) is 18.3 Å². The molecule has 2 aromatic carbocycles. The maximum atomic E-state index is 9.10.